The number of benzene rings is 2. The Balaban J connectivity index is 0.000000204. The number of methoxy groups -OCH3 is 1. The van der Waals surface area contributed by atoms with Crippen LogP contribution in [0, 0.1) is 25.5 Å². The summed E-state index contributed by atoms with van der Waals surface area (Å²) in [5, 5.41) is 22.6. The van der Waals surface area contributed by atoms with E-state index in [4.69, 9.17) is 37.4 Å². The maximum atomic E-state index is 13.6. The van der Waals surface area contributed by atoms with Gasteiger partial charge < -0.3 is 39.1 Å². The van der Waals surface area contributed by atoms with E-state index < -0.39 is 47.3 Å². The summed E-state index contributed by atoms with van der Waals surface area (Å²) >= 11 is 11.7. The van der Waals surface area contributed by atoms with Gasteiger partial charge >= 0.3 is 24.3 Å². The van der Waals surface area contributed by atoms with Crippen molar-refractivity contribution < 1.29 is 64.0 Å². The Morgan fingerprint density at radius 3 is 1.42 bits per heavy atom. The minimum atomic E-state index is -4.73. The van der Waals surface area contributed by atoms with Gasteiger partial charge in [0.15, 0.2) is 23.0 Å². The van der Waals surface area contributed by atoms with Gasteiger partial charge in [0.1, 0.15) is 36.0 Å². The monoisotopic (exact) mass is 1220 g/mol. The maximum absolute atomic E-state index is 13.6. The molecule has 0 saturated carbocycles. The Kier molecular flexibility index (Phi) is 17.6. The van der Waals surface area contributed by atoms with Crippen LogP contribution in [0.2, 0.25) is 10.0 Å². The number of carbonyl (C=O) groups excluding carboxylic acids is 1. The number of pyridine rings is 2. The predicted octanol–water partition coefficient (Wildman–Crippen LogP) is 11.2. The smallest absolute Gasteiger partial charge is 0.435 e. The number of anilines is 4. The third kappa shape index (κ3) is 14.2. The summed E-state index contributed by atoms with van der Waals surface area (Å²) in [7, 11) is 1.19. The van der Waals surface area contributed by atoms with Gasteiger partial charge in [-0.1, -0.05) is 23.2 Å². The minimum absolute atomic E-state index is 0.0145. The van der Waals surface area contributed by atoms with Crippen LogP contribution in [0.3, 0.4) is 0 Å². The average molecular weight is 1220 g/mol. The van der Waals surface area contributed by atoms with Crippen molar-refractivity contribution in [3.63, 3.8) is 0 Å². The van der Waals surface area contributed by atoms with E-state index in [0.29, 0.717) is 24.5 Å². The maximum Gasteiger partial charge on any atom is 0.435 e. The lowest BCUT2D eigenvalue weighted by Gasteiger charge is -2.15. The molecule has 85 heavy (non-hydrogen) atoms. The van der Waals surface area contributed by atoms with Crippen molar-refractivity contribution >= 4 is 58.4 Å². The van der Waals surface area contributed by atoms with Crippen molar-refractivity contribution in [3.8, 4) is 45.6 Å². The van der Waals surface area contributed by atoms with Gasteiger partial charge in [-0.05, 0) is 74.5 Å². The molecule has 0 aliphatic carbocycles. The Morgan fingerprint density at radius 2 is 1.05 bits per heavy atom. The van der Waals surface area contributed by atoms with Crippen molar-refractivity contribution in [1.29, 1.82) is 0 Å². The zero-order chi connectivity index (χ0) is 60.7. The Bertz CT molecular complexity index is 4050. The lowest BCUT2D eigenvalue weighted by Crippen LogP contribution is -2.13. The first-order valence-electron chi connectivity index (χ1n) is 24.5. The van der Waals surface area contributed by atoms with Crippen molar-refractivity contribution in [2.45, 2.75) is 39.3 Å². The highest BCUT2D eigenvalue weighted by atomic mass is 35.5. The molecule has 0 spiro atoms. The van der Waals surface area contributed by atoms with E-state index >= 15 is 0 Å². The molecule has 0 saturated heterocycles. The second kappa shape index (κ2) is 25.2. The molecule has 0 amide bonds. The van der Waals surface area contributed by atoms with E-state index in [-0.39, 0.29) is 103 Å². The Labute approximate surface area is 483 Å². The molecule has 10 rings (SSSR count). The van der Waals surface area contributed by atoms with Gasteiger partial charge in [0.25, 0.3) is 0 Å². The topological polar surface area (TPSA) is 255 Å². The van der Waals surface area contributed by atoms with Gasteiger partial charge in [-0.3, -0.25) is 0 Å². The van der Waals surface area contributed by atoms with Crippen molar-refractivity contribution in [2.75, 3.05) is 31.0 Å². The zero-order valence-electron chi connectivity index (χ0n) is 43.9. The molecule has 438 valence electrons. The third-order valence-corrected chi connectivity index (χ3v) is 12.5. The normalized spacial score (nSPS) is 11.4. The fourth-order valence-electron chi connectivity index (χ4n) is 7.83. The fourth-order valence-corrected chi connectivity index (χ4v) is 8.19. The van der Waals surface area contributed by atoms with E-state index in [0.717, 1.165) is 33.6 Å². The highest BCUT2D eigenvalue weighted by molar-refractivity contribution is 6.31. The van der Waals surface area contributed by atoms with Gasteiger partial charge in [0.2, 0.25) is 23.7 Å². The van der Waals surface area contributed by atoms with Crippen molar-refractivity contribution in [1.82, 2.24) is 68.6 Å². The van der Waals surface area contributed by atoms with Crippen LogP contribution < -0.4 is 20.1 Å². The molecule has 0 bridgehead atoms. The second-order valence-electron chi connectivity index (χ2n) is 17.8. The van der Waals surface area contributed by atoms with Gasteiger partial charge in [-0.25, -0.2) is 57.6 Å². The number of aromatic carboxylic acids is 1. The lowest BCUT2D eigenvalue weighted by molar-refractivity contribution is -0.142. The van der Waals surface area contributed by atoms with Crippen molar-refractivity contribution in [2.24, 2.45) is 0 Å². The van der Waals surface area contributed by atoms with E-state index in [1.165, 1.54) is 82.1 Å². The molecule has 0 unspecified atom stereocenters. The highest BCUT2D eigenvalue weighted by Gasteiger charge is 2.36. The van der Waals surface area contributed by atoms with E-state index in [1.807, 2.05) is 0 Å². The number of imidazole rings is 2. The summed E-state index contributed by atoms with van der Waals surface area (Å²) in [6.45, 7) is 3.89. The molecule has 32 heteroatoms. The molecule has 10 aromatic rings. The first kappa shape index (κ1) is 59.5. The van der Waals surface area contributed by atoms with E-state index in [2.05, 4.69) is 60.7 Å². The Hall–Kier alpha value is -10.1. The standard InChI is InChI=1S/C27H21ClF4N8O3.C26H19ClF4N8O3/c1-15-9-22(27(30,31)32)38-40(15)23-19(13-35-26(37-23)36-17-3-4-21(29)20(28)11-17)16-10-18(25(41)42-2)24(34-12-16)43-8-7-39-6-5-33-14-39;1-14-8-21(26(29,30)31)37-39(14)22-18(12-34-25(36-22)35-16-2-3-20(28)19(27)10-16)15-9-17(24(40)41)23(33-11-15)42-7-6-38-5-4-32-13-38/h3-6,9-14H,7-8H2,1-2H3,(H,35,36,37);2-5,8-13H,6-7H2,1H3,(H,40,41)(H,34,35,36). The summed E-state index contributed by atoms with van der Waals surface area (Å²) in [5.74, 6) is -3.86. The quantitative estimate of drug-likeness (QED) is 0.0533. The summed E-state index contributed by atoms with van der Waals surface area (Å²) in [6.07, 6.45) is 5.62. The number of carboxylic acids is 1. The van der Waals surface area contributed by atoms with Gasteiger partial charge in [0.05, 0.1) is 42.9 Å². The van der Waals surface area contributed by atoms with Crippen molar-refractivity contribution in [3.05, 3.63) is 178 Å². The molecule has 0 radical (unpaired) electrons. The van der Waals surface area contributed by atoms with Crippen LogP contribution in [0.15, 0.2) is 123 Å². The fraction of sp³-hybridized carbons (Fsp3) is 0.170. The first-order valence-corrected chi connectivity index (χ1v) is 25.2. The molecular weight excluding hydrogens is 1180 g/mol. The molecule has 0 fully saturated rings. The highest BCUT2D eigenvalue weighted by Crippen LogP contribution is 2.36. The zero-order valence-corrected chi connectivity index (χ0v) is 45.4. The van der Waals surface area contributed by atoms with E-state index in [9.17, 15) is 49.8 Å². The number of aromatic nitrogens is 14. The number of carboxylic acid groups (broad SMARTS) is 1. The number of carbonyl (C=O) groups is 2. The SMILES string of the molecule is COC(=O)c1cc(-c2cnc(Nc3ccc(F)c(Cl)c3)nc2-n2nc(C(F)(F)F)cc2C)cnc1OCCn1ccnc1.Cc1cc(C(F)(F)F)nn1-c1nc(Nc2ccc(F)c(Cl)c2)ncc1-c1cnc(OCCn2ccnc2)c(C(=O)O)c1. The molecule has 0 aliphatic heterocycles. The summed E-state index contributed by atoms with van der Waals surface area (Å²) in [5.41, 5.74) is -1.05. The Morgan fingerprint density at radius 1 is 0.612 bits per heavy atom. The number of hydrogen-bond acceptors (Lipinski definition) is 17. The predicted molar refractivity (Wildman–Crippen MR) is 287 cm³/mol. The molecule has 8 heterocycles. The number of halogens is 10. The molecular formula is C53H40Cl2F8N16O6. The summed E-state index contributed by atoms with van der Waals surface area (Å²) < 4.78 is 130. The van der Waals surface area contributed by atoms with Crippen LogP contribution in [-0.2, 0) is 30.2 Å². The molecule has 0 aliphatic rings. The minimum Gasteiger partial charge on any atom is -0.477 e. The van der Waals surface area contributed by atoms with Crippen LogP contribution in [0.4, 0.5) is 58.4 Å². The van der Waals surface area contributed by atoms with Gasteiger partial charge in [0, 0.05) is 94.6 Å². The van der Waals surface area contributed by atoms with Crippen LogP contribution in [0.1, 0.15) is 43.5 Å². The van der Waals surface area contributed by atoms with Gasteiger partial charge in [-0.15, -0.1) is 0 Å². The average Bonchev–Trinajstić information content (AvgIpc) is 3.84. The van der Waals surface area contributed by atoms with Gasteiger partial charge in [-0.2, -0.15) is 46.5 Å². The third-order valence-electron chi connectivity index (χ3n) is 11.9. The second-order valence-corrected chi connectivity index (χ2v) is 18.6. The van der Waals surface area contributed by atoms with Crippen LogP contribution in [0.25, 0.3) is 33.9 Å². The van der Waals surface area contributed by atoms with Crippen LogP contribution >= 0.6 is 23.2 Å². The number of nitrogens with zero attached hydrogens (tertiary/aromatic N) is 14. The number of aryl methyl sites for hydroxylation is 2. The number of rotatable bonds is 18. The summed E-state index contributed by atoms with van der Waals surface area (Å²) in [6, 6.07) is 12.0. The number of nitrogens with one attached hydrogen (secondary N) is 2. The van der Waals surface area contributed by atoms with Crippen LogP contribution in [-0.4, -0.2) is 106 Å². The molecule has 3 N–H and O–H groups in total. The lowest BCUT2D eigenvalue weighted by atomic mass is 10.1. The largest absolute Gasteiger partial charge is 0.477 e. The first-order chi connectivity index (χ1) is 40.5. The molecule has 8 aromatic heterocycles. The number of ether oxygens (including phenoxy) is 3. The molecule has 2 aromatic carbocycles. The van der Waals surface area contributed by atoms with E-state index in [1.54, 1.807) is 46.6 Å². The molecule has 22 nitrogen and oxygen atoms in total. The number of esters is 1. The molecule has 0 atom stereocenters. The number of alkyl halides is 6. The number of hydrogen-bond donors (Lipinski definition) is 3. The summed E-state index contributed by atoms with van der Waals surface area (Å²) in [4.78, 5) is 58.3. The van der Waals surface area contributed by atoms with Crippen LogP contribution in [0.5, 0.6) is 11.8 Å².